The highest BCUT2D eigenvalue weighted by atomic mass is 16.2. The third kappa shape index (κ3) is 2.65. The molecule has 1 saturated heterocycles. The third-order valence-electron chi connectivity index (χ3n) is 5.29. The predicted molar refractivity (Wildman–Crippen MR) is 82.8 cm³/mol. The van der Waals surface area contributed by atoms with Crippen molar-refractivity contribution in [2.24, 2.45) is 5.92 Å². The first kappa shape index (κ1) is 14.4. The molecular weight excluding hydrogens is 264 g/mol. The molecule has 0 radical (unpaired) electrons. The molecule has 21 heavy (non-hydrogen) atoms. The number of likely N-dealkylation sites (tertiary alicyclic amines) is 1. The van der Waals surface area contributed by atoms with Gasteiger partial charge in [-0.3, -0.25) is 9.48 Å². The number of carbonyl (C=O) groups excluding carboxylic acids is 1. The quantitative estimate of drug-likeness (QED) is 0.908. The third-order valence-corrected chi connectivity index (χ3v) is 5.29. The van der Waals surface area contributed by atoms with E-state index in [1.165, 1.54) is 32.1 Å². The number of anilines is 1. The molecule has 1 aromatic heterocycles. The van der Waals surface area contributed by atoms with Crippen molar-refractivity contribution in [3.05, 3.63) is 11.4 Å². The van der Waals surface area contributed by atoms with Crippen LogP contribution in [-0.4, -0.2) is 33.2 Å². The number of nitrogens with two attached hydrogens (primary N) is 1. The van der Waals surface area contributed by atoms with Crippen LogP contribution in [-0.2, 0) is 11.3 Å². The Morgan fingerprint density at radius 2 is 1.95 bits per heavy atom. The summed E-state index contributed by atoms with van der Waals surface area (Å²) in [5, 5.41) is 4.39. The Hall–Kier alpha value is -1.52. The fourth-order valence-electron chi connectivity index (χ4n) is 4.02. The highest BCUT2D eigenvalue weighted by Crippen LogP contribution is 2.35. The Morgan fingerprint density at radius 1 is 1.24 bits per heavy atom. The summed E-state index contributed by atoms with van der Waals surface area (Å²) in [4.78, 5) is 14.8. The standard InChI is InChI=1S/C16H26N4O/c1-11-16(17)12(2)20(18-11)10-15(21)19-9-5-7-13-6-3-4-8-14(13)19/h13-14H,3-10,17H2,1-2H3/t13-,14-/m1/s1. The van der Waals surface area contributed by atoms with Gasteiger partial charge in [0.1, 0.15) is 6.54 Å². The van der Waals surface area contributed by atoms with Crippen LogP contribution >= 0.6 is 0 Å². The van der Waals surface area contributed by atoms with Crippen molar-refractivity contribution in [2.45, 2.75) is 65.0 Å². The molecule has 1 aromatic rings. The van der Waals surface area contributed by atoms with Crippen LogP contribution in [0.1, 0.15) is 49.9 Å². The summed E-state index contributed by atoms with van der Waals surface area (Å²) in [5.74, 6) is 0.930. The largest absolute Gasteiger partial charge is 0.396 e. The number of fused-ring (bicyclic) bond motifs is 1. The summed E-state index contributed by atoms with van der Waals surface area (Å²) in [6, 6.07) is 0.467. The van der Waals surface area contributed by atoms with Gasteiger partial charge in [-0.1, -0.05) is 12.8 Å². The number of nitrogen functional groups attached to an aromatic ring is 1. The molecule has 2 aliphatic rings. The van der Waals surface area contributed by atoms with Gasteiger partial charge in [0, 0.05) is 12.6 Å². The number of hydrogen-bond donors (Lipinski definition) is 1. The van der Waals surface area contributed by atoms with Crippen LogP contribution in [0.15, 0.2) is 0 Å². The minimum atomic E-state index is 0.206. The van der Waals surface area contributed by atoms with Gasteiger partial charge < -0.3 is 10.6 Å². The van der Waals surface area contributed by atoms with Gasteiger partial charge in [0.25, 0.3) is 0 Å². The molecule has 2 heterocycles. The van der Waals surface area contributed by atoms with E-state index in [4.69, 9.17) is 5.73 Å². The summed E-state index contributed by atoms with van der Waals surface area (Å²) < 4.78 is 1.76. The van der Waals surface area contributed by atoms with Crippen molar-refractivity contribution in [1.82, 2.24) is 14.7 Å². The maximum atomic E-state index is 12.7. The van der Waals surface area contributed by atoms with Gasteiger partial charge >= 0.3 is 0 Å². The smallest absolute Gasteiger partial charge is 0.244 e. The first-order chi connectivity index (χ1) is 10.1. The summed E-state index contributed by atoms with van der Waals surface area (Å²) in [6.45, 7) is 5.06. The molecular formula is C16H26N4O. The maximum Gasteiger partial charge on any atom is 0.244 e. The normalized spacial score (nSPS) is 25.7. The van der Waals surface area contributed by atoms with E-state index in [1.807, 2.05) is 13.8 Å². The summed E-state index contributed by atoms with van der Waals surface area (Å²) >= 11 is 0. The minimum Gasteiger partial charge on any atom is -0.396 e. The van der Waals surface area contributed by atoms with Crippen LogP contribution in [0.25, 0.3) is 0 Å². The van der Waals surface area contributed by atoms with Gasteiger partial charge in [-0.25, -0.2) is 0 Å². The zero-order valence-corrected chi connectivity index (χ0v) is 13.1. The second kappa shape index (κ2) is 5.70. The van der Waals surface area contributed by atoms with E-state index in [0.717, 1.165) is 30.3 Å². The molecule has 0 bridgehead atoms. The SMILES string of the molecule is Cc1nn(CC(=O)N2CCC[C@H]3CCCC[C@H]32)c(C)c1N. The molecule has 1 aliphatic carbocycles. The maximum absolute atomic E-state index is 12.7. The van der Waals surface area contributed by atoms with Crippen molar-refractivity contribution in [2.75, 3.05) is 12.3 Å². The molecule has 3 rings (SSSR count). The van der Waals surface area contributed by atoms with E-state index in [1.54, 1.807) is 4.68 Å². The minimum absolute atomic E-state index is 0.206. The molecule has 1 amide bonds. The zero-order chi connectivity index (χ0) is 15.0. The second-order valence-corrected chi connectivity index (χ2v) is 6.58. The predicted octanol–water partition coefficient (Wildman–Crippen LogP) is 2.26. The van der Waals surface area contributed by atoms with Crippen molar-refractivity contribution in [3.8, 4) is 0 Å². The summed E-state index contributed by atoms with van der Waals surface area (Å²) in [6.07, 6.45) is 7.50. The first-order valence-electron chi connectivity index (χ1n) is 8.17. The highest BCUT2D eigenvalue weighted by Gasteiger charge is 2.35. The van der Waals surface area contributed by atoms with Crippen molar-refractivity contribution in [3.63, 3.8) is 0 Å². The van der Waals surface area contributed by atoms with Crippen molar-refractivity contribution < 1.29 is 4.79 Å². The van der Waals surface area contributed by atoms with Gasteiger partial charge in [0.05, 0.1) is 17.1 Å². The Kier molecular flexibility index (Phi) is 3.91. The zero-order valence-electron chi connectivity index (χ0n) is 13.1. The topological polar surface area (TPSA) is 64.2 Å². The Labute approximate surface area is 126 Å². The van der Waals surface area contributed by atoms with Crippen molar-refractivity contribution in [1.29, 1.82) is 0 Å². The molecule has 2 atom stereocenters. The monoisotopic (exact) mass is 290 g/mol. The van der Waals surface area contributed by atoms with Gasteiger partial charge in [-0.2, -0.15) is 5.10 Å². The molecule has 1 aliphatic heterocycles. The van der Waals surface area contributed by atoms with Crippen molar-refractivity contribution >= 4 is 11.6 Å². The Morgan fingerprint density at radius 3 is 2.67 bits per heavy atom. The fraction of sp³-hybridized carbons (Fsp3) is 0.750. The number of amides is 1. The van der Waals surface area contributed by atoms with Crippen LogP contribution < -0.4 is 5.73 Å². The van der Waals surface area contributed by atoms with Crippen LogP contribution in [0, 0.1) is 19.8 Å². The van der Waals surface area contributed by atoms with Gasteiger partial charge in [-0.05, 0) is 45.4 Å². The lowest BCUT2D eigenvalue weighted by atomic mass is 9.78. The second-order valence-electron chi connectivity index (χ2n) is 6.58. The molecule has 5 heteroatoms. The first-order valence-corrected chi connectivity index (χ1v) is 8.17. The number of piperidine rings is 1. The fourth-order valence-corrected chi connectivity index (χ4v) is 4.02. The summed E-state index contributed by atoms with van der Waals surface area (Å²) in [7, 11) is 0. The van der Waals surface area contributed by atoms with E-state index >= 15 is 0 Å². The van der Waals surface area contributed by atoms with E-state index in [0.29, 0.717) is 18.3 Å². The molecule has 0 spiro atoms. The van der Waals surface area contributed by atoms with Crippen LogP contribution in [0.4, 0.5) is 5.69 Å². The molecule has 1 saturated carbocycles. The average Bonchev–Trinajstić information content (AvgIpc) is 2.74. The van der Waals surface area contributed by atoms with Crippen LogP contribution in [0.5, 0.6) is 0 Å². The average molecular weight is 290 g/mol. The van der Waals surface area contributed by atoms with Gasteiger partial charge in [-0.15, -0.1) is 0 Å². The highest BCUT2D eigenvalue weighted by molar-refractivity contribution is 5.76. The molecule has 5 nitrogen and oxygen atoms in total. The van der Waals surface area contributed by atoms with E-state index in [-0.39, 0.29) is 5.91 Å². The van der Waals surface area contributed by atoms with Crippen LogP contribution in [0.3, 0.4) is 0 Å². The van der Waals surface area contributed by atoms with E-state index < -0.39 is 0 Å². The molecule has 2 fully saturated rings. The summed E-state index contributed by atoms with van der Waals surface area (Å²) in [5.41, 5.74) is 8.38. The number of hydrogen-bond acceptors (Lipinski definition) is 3. The Balaban J connectivity index is 1.73. The van der Waals surface area contributed by atoms with Gasteiger partial charge in [0.2, 0.25) is 5.91 Å². The Bertz CT molecular complexity index is 535. The number of aryl methyl sites for hydroxylation is 1. The number of carbonyl (C=O) groups is 1. The lowest BCUT2D eigenvalue weighted by Gasteiger charge is -2.44. The number of rotatable bonds is 2. The number of aromatic nitrogens is 2. The number of nitrogens with zero attached hydrogens (tertiary/aromatic N) is 3. The molecule has 116 valence electrons. The van der Waals surface area contributed by atoms with Gasteiger partial charge in [0.15, 0.2) is 0 Å². The lowest BCUT2D eigenvalue weighted by molar-refractivity contribution is -0.138. The molecule has 0 unspecified atom stereocenters. The molecule has 0 aromatic carbocycles. The van der Waals surface area contributed by atoms with Crippen LogP contribution in [0.2, 0.25) is 0 Å². The molecule has 2 N–H and O–H groups in total. The lowest BCUT2D eigenvalue weighted by Crippen LogP contribution is -2.50. The van der Waals surface area contributed by atoms with E-state index in [9.17, 15) is 4.79 Å². The van der Waals surface area contributed by atoms with E-state index in [2.05, 4.69) is 10.00 Å².